The molecule has 0 fully saturated rings. The summed E-state index contributed by atoms with van der Waals surface area (Å²) in [6, 6.07) is 4.81. The number of aliphatic carboxylic acids is 1. The molecular weight excluding hydrogens is 412 g/mol. The summed E-state index contributed by atoms with van der Waals surface area (Å²) in [6.45, 7) is 8.19. The van der Waals surface area contributed by atoms with E-state index < -0.39 is 17.9 Å². The molecule has 7 nitrogen and oxygen atoms in total. The second-order valence-electron chi connectivity index (χ2n) is 8.22. The van der Waals surface area contributed by atoms with Crippen molar-refractivity contribution in [1.29, 1.82) is 0 Å². The molecule has 2 aromatic heterocycles. The van der Waals surface area contributed by atoms with Crippen LogP contribution in [0.1, 0.15) is 74.9 Å². The second-order valence-corrected chi connectivity index (χ2v) is 8.94. The van der Waals surface area contributed by atoms with Crippen molar-refractivity contribution in [3.63, 3.8) is 0 Å². The second kappa shape index (κ2) is 10.0. The maximum atomic E-state index is 12.8. The first kappa shape index (κ1) is 22.9. The van der Waals surface area contributed by atoms with Crippen molar-refractivity contribution in [2.45, 2.75) is 65.5 Å². The molecular formula is C23H30N4O3S. The number of carbonyl (C=O) groups excluding carboxylic acids is 1. The van der Waals surface area contributed by atoms with Gasteiger partial charge in [-0.2, -0.15) is 0 Å². The first-order valence-electron chi connectivity index (χ1n) is 10.8. The smallest absolute Gasteiger partial charge is 0.326 e. The minimum atomic E-state index is -1.02. The molecule has 3 rings (SSSR count). The van der Waals surface area contributed by atoms with E-state index in [1.165, 1.54) is 0 Å². The Morgan fingerprint density at radius 2 is 1.97 bits per heavy atom. The normalized spacial score (nSPS) is 12.6. The summed E-state index contributed by atoms with van der Waals surface area (Å²) in [4.78, 5) is 33.5. The Labute approximate surface area is 186 Å². The SMILES string of the molecule is CCC(CC)n1c(Cc2cscn2)nc2cc(C(=O)N[C@@H](CC(C)C)C(=O)O)ccc21. The molecule has 2 heterocycles. The van der Waals surface area contributed by atoms with E-state index in [2.05, 4.69) is 28.7 Å². The molecule has 0 aliphatic heterocycles. The molecule has 0 unspecified atom stereocenters. The summed E-state index contributed by atoms with van der Waals surface area (Å²) in [7, 11) is 0. The Balaban J connectivity index is 1.96. The van der Waals surface area contributed by atoms with Gasteiger partial charge in [-0.15, -0.1) is 11.3 Å². The van der Waals surface area contributed by atoms with Crippen LogP contribution < -0.4 is 5.32 Å². The number of imidazole rings is 1. The van der Waals surface area contributed by atoms with E-state index in [1.54, 1.807) is 23.5 Å². The molecule has 8 heteroatoms. The van der Waals surface area contributed by atoms with Crippen molar-refractivity contribution >= 4 is 34.2 Å². The predicted molar refractivity (Wildman–Crippen MR) is 123 cm³/mol. The van der Waals surface area contributed by atoms with Crippen LogP contribution in [-0.2, 0) is 11.2 Å². The van der Waals surface area contributed by atoms with E-state index in [-0.39, 0.29) is 5.92 Å². The predicted octanol–water partition coefficient (Wildman–Crippen LogP) is 4.67. The Hall–Kier alpha value is -2.74. The van der Waals surface area contributed by atoms with Gasteiger partial charge in [0.05, 0.1) is 22.2 Å². The maximum absolute atomic E-state index is 12.8. The number of benzene rings is 1. The summed E-state index contributed by atoms with van der Waals surface area (Å²) in [5.41, 5.74) is 4.92. The molecule has 0 spiro atoms. The number of fused-ring (bicyclic) bond motifs is 1. The van der Waals surface area contributed by atoms with E-state index in [0.717, 1.165) is 35.4 Å². The number of nitrogens with one attached hydrogen (secondary N) is 1. The highest BCUT2D eigenvalue weighted by atomic mass is 32.1. The molecule has 1 atom stereocenters. The number of carboxylic acid groups (broad SMARTS) is 1. The van der Waals surface area contributed by atoms with E-state index in [0.29, 0.717) is 24.4 Å². The average molecular weight is 443 g/mol. The fourth-order valence-corrected chi connectivity index (χ4v) is 4.46. The summed E-state index contributed by atoms with van der Waals surface area (Å²) >= 11 is 1.56. The van der Waals surface area contributed by atoms with Crippen molar-refractivity contribution < 1.29 is 14.7 Å². The van der Waals surface area contributed by atoms with Gasteiger partial charge in [0.25, 0.3) is 5.91 Å². The van der Waals surface area contributed by atoms with Gasteiger partial charge in [0, 0.05) is 23.4 Å². The lowest BCUT2D eigenvalue weighted by Crippen LogP contribution is -2.41. The topological polar surface area (TPSA) is 97.1 Å². The number of nitrogens with zero attached hydrogens (tertiary/aromatic N) is 3. The summed E-state index contributed by atoms with van der Waals surface area (Å²) in [6.07, 6.45) is 2.96. The minimum Gasteiger partial charge on any atom is -0.480 e. The zero-order chi connectivity index (χ0) is 22.5. The highest BCUT2D eigenvalue weighted by Gasteiger charge is 2.23. The molecule has 2 N–H and O–H groups in total. The van der Waals surface area contributed by atoms with Crippen LogP contribution in [0.4, 0.5) is 0 Å². The van der Waals surface area contributed by atoms with E-state index >= 15 is 0 Å². The van der Waals surface area contributed by atoms with Gasteiger partial charge in [-0.3, -0.25) is 4.79 Å². The number of rotatable bonds is 10. The highest BCUT2D eigenvalue weighted by molar-refractivity contribution is 7.07. The molecule has 0 bridgehead atoms. The molecule has 31 heavy (non-hydrogen) atoms. The zero-order valence-electron chi connectivity index (χ0n) is 18.5. The van der Waals surface area contributed by atoms with Crippen LogP contribution in [0.2, 0.25) is 0 Å². The molecule has 0 saturated carbocycles. The van der Waals surface area contributed by atoms with Gasteiger partial charge in [0.2, 0.25) is 0 Å². The van der Waals surface area contributed by atoms with Crippen LogP contribution in [0, 0.1) is 5.92 Å². The third-order valence-corrected chi connectivity index (χ3v) is 6.10. The lowest BCUT2D eigenvalue weighted by molar-refractivity contribution is -0.139. The van der Waals surface area contributed by atoms with Crippen LogP contribution in [0.25, 0.3) is 11.0 Å². The highest BCUT2D eigenvalue weighted by Crippen LogP contribution is 2.27. The molecule has 166 valence electrons. The van der Waals surface area contributed by atoms with Crippen LogP contribution in [0.15, 0.2) is 29.1 Å². The monoisotopic (exact) mass is 442 g/mol. The molecule has 3 aromatic rings. The van der Waals surface area contributed by atoms with Crippen LogP contribution in [0.5, 0.6) is 0 Å². The van der Waals surface area contributed by atoms with E-state index in [4.69, 9.17) is 4.98 Å². The van der Waals surface area contributed by atoms with Gasteiger partial charge >= 0.3 is 5.97 Å². The van der Waals surface area contributed by atoms with Crippen LogP contribution in [0.3, 0.4) is 0 Å². The fraction of sp³-hybridized carbons (Fsp3) is 0.478. The lowest BCUT2D eigenvalue weighted by Gasteiger charge is -2.19. The van der Waals surface area contributed by atoms with Gasteiger partial charge < -0.3 is 15.0 Å². The number of thiazole rings is 1. The number of amides is 1. The third-order valence-electron chi connectivity index (χ3n) is 5.47. The lowest BCUT2D eigenvalue weighted by atomic mass is 10.0. The van der Waals surface area contributed by atoms with E-state index in [1.807, 2.05) is 30.8 Å². The number of hydrogen-bond acceptors (Lipinski definition) is 5. The molecule has 0 aliphatic carbocycles. The first-order chi connectivity index (χ1) is 14.8. The Morgan fingerprint density at radius 1 is 1.23 bits per heavy atom. The van der Waals surface area contributed by atoms with Crippen LogP contribution >= 0.6 is 11.3 Å². The molecule has 0 radical (unpaired) electrons. The molecule has 1 amide bonds. The van der Waals surface area contributed by atoms with Crippen molar-refractivity contribution in [2.24, 2.45) is 5.92 Å². The fourth-order valence-electron chi connectivity index (χ4n) is 3.90. The standard InChI is InChI=1S/C23H30N4O3S/c1-5-17(6-2)27-20-8-7-15(22(28)26-19(23(29)30)9-14(3)4)10-18(20)25-21(27)11-16-12-31-13-24-16/h7-8,10,12-14,17,19H,5-6,9,11H2,1-4H3,(H,26,28)(H,29,30)/t19-/m0/s1. The molecule has 0 saturated heterocycles. The minimum absolute atomic E-state index is 0.160. The number of carboxylic acids is 1. The molecule has 0 aliphatic rings. The van der Waals surface area contributed by atoms with Gasteiger partial charge in [0.1, 0.15) is 11.9 Å². The Kier molecular flexibility index (Phi) is 7.43. The summed E-state index contributed by atoms with van der Waals surface area (Å²) < 4.78 is 2.26. The zero-order valence-corrected chi connectivity index (χ0v) is 19.3. The number of aromatic nitrogens is 3. The quantitative estimate of drug-likeness (QED) is 0.475. The van der Waals surface area contributed by atoms with Gasteiger partial charge in [-0.25, -0.2) is 14.8 Å². The third kappa shape index (κ3) is 5.31. The van der Waals surface area contributed by atoms with Gasteiger partial charge in [-0.05, 0) is 43.4 Å². The van der Waals surface area contributed by atoms with Crippen molar-refractivity contribution in [1.82, 2.24) is 19.9 Å². The largest absolute Gasteiger partial charge is 0.480 e. The number of carbonyl (C=O) groups is 2. The summed E-state index contributed by atoms with van der Waals surface area (Å²) in [5, 5.41) is 14.1. The van der Waals surface area contributed by atoms with Crippen molar-refractivity contribution in [3.05, 3.63) is 46.2 Å². The summed E-state index contributed by atoms with van der Waals surface area (Å²) in [5.74, 6) is -0.331. The molecule has 1 aromatic carbocycles. The Bertz CT molecular complexity index is 1040. The number of hydrogen-bond donors (Lipinski definition) is 2. The maximum Gasteiger partial charge on any atom is 0.326 e. The first-order valence-corrected chi connectivity index (χ1v) is 11.7. The van der Waals surface area contributed by atoms with E-state index in [9.17, 15) is 14.7 Å². The Morgan fingerprint density at radius 3 is 2.55 bits per heavy atom. The van der Waals surface area contributed by atoms with Crippen molar-refractivity contribution in [2.75, 3.05) is 0 Å². The van der Waals surface area contributed by atoms with Crippen molar-refractivity contribution in [3.8, 4) is 0 Å². The van der Waals surface area contributed by atoms with Gasteiger partial charge in [-0.1, -0.05) is 27.7 Å². The average Bonchev–Trinajstić information content (AvgIpc) is 3.36. The van der Waals surface area contributed by atoms with Crippen LogP contribution in [-0.4, -0.2) is 37.6 Å². The van der Waals surface area contributed by atoms with Gasteiger partial charge in [0.15, 0.2) is 0 Å².